The van der Waals surface area contributed by atoms with Crippen molar-refractivity contribution in [3.8, 4) is 24.0 Å². The summed E-state index contributed by atoms with van der Waals surface area (Å²) in [5.74, 6) is 3.68. The standard InChI is InChI=1S/C16H17ClN4O2/c1-5-11(17)9-13(12(6-2)19-10-18)20-15-8-7-14(22-3)16(21-15)23-4/h2,5,7-10,18H,1,3-4H3,(H,20,21)/b11-5+,13-9+,18-10?,19-12+. The summed E-state index contributed by atoms with van der Waals surface area (Å²) in [6.07, 6.45) is 9.59. The highest BCUT2D eigenvalue weighted by Crippen LogP contribution is 2.26. The van der Waals surface area contributed by atoms with Crippen LogP contribution < -0.4 is 14.8 Å². The average Bonchev–Trinajstić information content (AvgIpc) is 2.58. The number of nitrogens with zero attached hydrogens (tertiary/aromatic N) is 2. The fraction of sp³-hybridized carbons (Fsp3) is 0.188. The summed E-state index contributed by atoms with van der Waals surface area (Å²) < 4.78 is 10.3. The molecule has 7 heteroatoms. The van der Waals surface area contributed by atoms with E-state index in [-0.39, 0.29) is 5.71 Å². The Balaban J connectivity index is 3.26. The number of methoxy groups -OCH3 is 2. The molecular weight excluding hydrogens is 316 g/mol. The first-order valence-corrected chi connectivity index (χ1v) is 6.90. The summed E-state index contributed by atoms with van der Waals surface area (Å²) in [5.41, 5.74) is 0.649. The monoisotopic (exact) mass is 332 g/mol. The van der Waals surface area contributed by atoms with E-state index in [0.717, 1.165) is 6.34 Å². The van der Waals surface area contributed by atoms with Crippen LogP contribution >= 0.6 is 11.6 Å². The molecule has 1 rings (SSSR count). The fourth-order valence-electron chi connectivity index (χ4n) is 1.57. The van der Waals surface area contributed by atoms with Gasteiger partial charge in [0.25, 0.3) is 5.88 Å². The molecule has 0 aliphatic heterocycles. The molecule has 1 heterocycles. The number of allylic oxidation sites excluding steroid dienone is 4. The number of ether oxygens (including phenoxy) is 2. The van der Waals surface area contributed by atoms with Crippen LogP contribution in [-0.2, 0) is 0 Å². The number of hydrogen-bond acceptors (Lipinski definition) is 5. The van der Waals surface area contributed by atoms with Gasteiger partial charge < -0.3 is 14.8 Å². The Bertz CT molecular complexity index is 703. The first-order valence-electron chi connectivity index (χ1n) is 6.52. The lowest BCUT2D eigenvalue weighted by atomic mass is 10.2. The van der Waals surface area contributed by atoms with Crippen LogP contribution in [0.3, 0.4) is 0 Å². The van der Waals surface area contributed by atoms with Gasteiger partial charge in [-0.2, -0.15) is 4.98 Å². The molecule has 0 aliphatic rings. The highest BCUT2D eigenvalue weighted by Gasteiger charge is 2.10. The van der Waals surface area contributed by atoms with Gasteiger partial charge in [0.15, 0.2) is 5.75 Å². The zero-order chi connectivity index (χ0) is 17.2. The fourth-order valence-corrected chi connectivity index (χ4v) is 1.68. The molecule has 0 saturated carbocycles. The average molecular weight is 333 g/mol. The number of pyridine rings is 1. The van der Waals surface area contributed by atoms with Crippen molar-refractivity contribution in [1.29, 1.82) is 5.41 Å². The van der Waals surface area contributed by atoms with Gasteiger partial charge in [0.05, 0.1) is 19.9 Å². The molecule has 0 atom stereocenters. The summed E-state index contributed by atoms with van der Waals surface area (Å²) >= 11 is 6.03. The molecule has 0 amide bonds. The Morgan fingerprint density at radius 3 is 2.70 bits per heavy atom. The molecule has 23 heavy (non-hydrogen) atoms. The number of aliphatic imine (C=N–C) groups is 1. The van der Waals surface area contributed by atoms with Crippen molar-refractivity contribution in [1.82, 2.24) is 4.98 Å². The van der Waals surface area contributed by atoms with Crippen LogP contribution in [0.25, 0.3) is 0 Å². The maximum Gasteiger partial charge on any atom is 0.258 e. The predicted octanol–water partition coefficient (Wildman–Crippen LogP) is 3.22. The maximum absolute atomic E-state index is 7.09. The minimum Gasteiger partial charge on any atom is -0.491 e. The van der Waals surface area contributed by atoms with Gasteiger partial charge in [0.1, 0.15) is 17.9 Å². The molecule has 0 fully saturated rings. The van der Waals surface area contributed by atoms with Crippen LogP contribution in [0.1, 0.15) is 6.92 Å². The predicted molar refractivity (Wildman–Crippen MR) is 93.7 cm³/mol. The molecule has 1 aromatic rings. The molecule has 6 nitrogen and oxygen atoms in total. The molecule has 1 aromatic heterocycles. The minimum atomic E-state index is 0.219. The largest absolute Gasteiger partial charge is 0.491 e. The van der Waals surface area contributed by atoms with Gasteiger partial charge in [-0.3, -0.25) is 5.41 Å². The second-order valence-corrected chi connectivity index (χ2v) is 4.45. The normalized spacial score (nSPS) is 12.4. The molecular formula is C16H17ClN4O2. The second kappa shape index (κ2) is 9.28. The lowest BCUT2D eigenvalue weighted by Crippen LogP contribution is -2.12. The zero-order valence-corrected chi connectivity index (χ0v) is 13.8. The van der Waals surface area contributed by atoms with Gasteiger partial charge in [-0.15, -0.1) is 6.42 Å². The van der Waals surface area contributed by atoms with Crippen molar-refractivity contribution in [3.63, 3.8) is 0 Å². The Morgan fingerprint density at radius 2 is 2.17 bits per heavy atom. The SMILES string of the molecule is C#CC(=N\C=N)/C(=C\C(Cl)=C/C)Nc1ccc(OC)c(OC)n1. The van der Waals surface area contributed by atoms with E-state index in [1.807, 2.05) is 0 Å². The topological polar surface area (TPSA) is 79.6 Å². The quantitative estimate of drug-likeness (QED) is 0.348. The number of nitrogens with one attached hydrogen (secondary N) is 2. The first kappa shape index (κ1) is 18.3. The van der Waals surface area contributed by atoms with Gasteiger partial charge in [-0.25, -0.2) is 4.99 Å². The van der Waals surface area contributed by atoms with E-state index in [1.165, 1.54) is 14.2 Å². The van der Waals surface area contributed by atoms with E-state index in [9.17, 15) is 0 Å². The van der Waals surface area contributed by atoms with Crippen LogP contribution in [0.15, 0.2) is 40.0 Å². The summed E-state index contributed by atoms with van der Waals surface area (Å²) in [6.45, 7) is 1.79. The number of terminal acetylenes is 1. The number of anilines is 1. The molecule has 0 saturated heterocycles. The van der Waals surface area contributed by atoms with Crippen molar-refractivity contribution in [2.75, 3.05) is 19.5 Å². The highest BCUT2D eigenvalue weighted by atomic mass is 35.5. The molecule has 0 radical (unpaired) electrons. The van der Waals surface area contributed by atoms with Gasteiger partial charge in [0.2, 0.25) is 0 Å². The maximum atomic E-state index is 7.09. The van der Waals surface area contributed by atoms with Gasteiger partial charge in [-0.05, 0) is 31.1 Å². The summed E-state index contributed by atoms with van der Waals surface area (Å²) in [5, 5.41) is 10.6. The number of aromatic nitrogens is 1. The second-order valence-electron chi connectivity index (χ2n) is 4.02. The van der Waals surface area contributed by atoms with Crippen molar-refractivity contribution in [2.24, 2.45) is 4.99 Å². The smallest absolute Gasteiger partial charge is 0.258 e. The van der Waals surface area contributed by atoms with Crippen molar-refractivity contribution in [3.05, 3.63) is 35.0 Å². The lowest BCUT2D eigenvalue weighted by molar-refractivity contribution is 0.343. The summed E-state index contributed by atoms with van der Waals surface area (Å²) in [6, 6.07) is 3.39. The zero-order valence-electron chi connectivity index (χ0n) is 13.1. The third-order valence-electron chi connectivity index (χ3n) is 2.64. The molecule has 0 unspecified atom stereocenters. The van der Waals surface area contributed by atoms with Crippen molar-refractivity contribution >= 4 is 29.5 Å². The number of hydrogen-bond donors (Lipinski definition) is 2. The van der Waals surface area contributed by atoms with Crippen molar-refractivity contribution in [2.45, 2.75) is 6.92 Å². The van der Waals surface area contributed by atoms with Crippen LogP contribution in [-0.4, -0.2) is 31.3 Å². The van der Waals surface area contributed by atoms with Crippen LogP contribution in [0.4, 0.5) is 5.82 Å². The van der Waals surface area contributed by atoms with Crippen LogP contribution in [0.2, 0.25) is 0 Å². The number of rotatable bonds is 7. The van der Waals surface area contributed by atoms with E-state index >= 15 is 0 Å². The van der Waals surface area contributed by atoms with Gasteiger partial charge >= 0.3 is 0 Å². The van der Waals surface area contributed by atoms with E-state index < -0.39 is 0 Å². The molecule has 120 valence electrons. The highest BCUT2D eigenvalue weighted by molar-refractivity contribution is 6.32. The van der Waals surface area contributed by atoms with E-state index in [0.29, 0.717) is 28.2 Å². The number of halogens is 1. The van der Waals surface area contributed by atoms with Crippen molar-refractivity contribution < 1.29 is 9.47 Å². The molecule has 0 bridgehead atoms. The molecule has 0 spiro atoms. The third kappa shape index (κ3) is 5.16. The van der Waals surface area contributed by atoms with E-state index in [2.05, 4.69) is 21.2 Å². The molecule has 0 aliphatic carbocycles. The van der Waals surface area contributed by atoms with Crippen LogP contribution in [0, 0.1) is 17.8 Å². The Morgan fingerprint density at radius 1 is 1.43 bits per heavy atom. The Hall–Kier alpha value is -2.78. The van der Waals surface area contributed by atoms with Gasteiger partial charge in [0, 0.05) is 5.03 Å². The molecule has 2 N–H and O–H groups in total. The summed E-state index contributed by atoms with van der Waals surface area (Å²) in [7, 11) is 3.02. The summed E-state index contributed by atoms with van der Waals surface area (Å²) in [4.78, 5) is 8.09. The Labute approximate surface area is 140 Å². The van der Waals surface area contributed by atoms with E-state index in [4.69, 9.17) is 32.9 Å². The minimum absolute atomic E-state index is 0.219. The van der Waals surface area contributed by atoms with Crippen LogP contribution in [0.5, 0.6) is 11.6 Å². The first-order chi connectivity index (χ1) is 11.1. The lowest BCUT2D eigenvalue weighted by Gasteiger charge is -2.12. The molecule has 0 aromatic carbocycles. The Kier molecular flexibility index (Phi) is 7.37. The van der Waals surface area contributed by atoms with Gasteiger partial charge in [-0.1, -0.05) is 17.7 Å². The van der Waals surface area contributed by atoms with E-state index in [1.54, 1.807) is 31.2 Å². The third-order valence-corrected chi connectivity index (χ3v) is 2.97.